The highest BCUT2D eigenvalue weighted by atomic mass is 16.6. The Hall–Kier alpha value is -1.69. The van der Waals surface area contributed by atoms with E-state index in [9.17, 15) is 14.9 Å². The third-order valence-electron chi connectivity index (χ3n) is 1.98. The van der Waals surface area contributed by atoms with Crippen LogP contribution >= 0.6 is 0 Å². The summed E-state index contributed by atoms with van der Waals surface area (Å²) in [6.07, 6.45) is 1.28. The topological polar surface area (TPSA) is 77.7 Å². The Morgan fingerprint density at radius 3 is 2.93 bits per heavy atom. The van der Waals surface area contributed by atoms with Crippen LogP contribution in [0.1, 0.15) is 0 Å². The number of epoxide rings is 1. The molecule has 1 aromatic rings. The predicted octanol–water partition coefficient (Wildman–Crippen LogP) is 0.155. The molecule has 0 radical (unpaired) electrons. The average Bonchev–Trinajstić information content (AvgIpc) is 2.92. The van der Waals surface area contributed by atoms with Gasteiger partial charge in [-0.25, -0.2) is 0 Å². The largest absolute Gasteiger partial charge is 0.371 e. The van der Waals surface area contributed by atoms with E-state index in [-0.39, 0.29) is 17.4 Å². The first-order valence-corrected chi connectivity index (χ1v) is 4.13. The van der Waals surface area contributed by atoms with Gasteiger partial charge in [0.1, 0.15) is 0 Å². The second-order valence-corrected chi connectivity index (χ2v) is 3.09. The van der Waals surface area contributed by atoms with Gasteiger partial charge in [-0.3, -0.25) is 14.9 Å². The molecule has 1 fully saturated rings. The van der Waals surface area contributed by atoms with Gasteiger partial charge in [0.25, 0.3) is 11.2 Å². The number of aromatic nitrogens is 1. The average molecular weight is 196 g/mol. The number of hydrogen-bond acceptors (Lipinski definition) is 4. The molecule has 2 rings (SSSR count). The maximum atomic E-state index is 11.2. The van der Waals surface area contributed by atoms with Crippen LogP contribution in [0.5, 0.6) is 0 Å². The highest BCUT2D eigenvalue weighted by Gasteiger charge is 2.23. The number of nitro groups is 1. The SMILES string of the molecule is O=c1ccc([N+](=O)[O-])cn1CC1CO1. The van der Waals surface area contributed by atoms with Crippen molar-refractivity contribution in [3.05, 3.63) is 38.8 Å². The van der Waals surface area contributed by atoms with Crippen molar-refractivity contribution >= 4 is 5.69 Å². The molecule has 1 aromatic heterocycles. The molecule has 0 N–H and O–H groups in total. The standard InChI is InChI=1S/C8H8N2O4/c11-8-2-1-6(10(12)13)3-9(8)4-7-5-14-7/h1-3,7H,4-5H2. The van der Waals surface area contributed by atoms with Crippen LogP contribution < -0.4 is 5.56 Å². The van der Waals surface area contributed by atoms with E-state index >= 15 is 0 Å². The van der Waals surface area contributed by atoms with Crippen molar-refractivity contribution in [3.8, 4) is 0 Å². The van der Waals surface area contributed by atoms with Crippen LogP contribution in [0.25, 0.3) is 0 Å². The Balaban J connectivity index is 2.31. The lowest BCUT2D eigenvalue weighted by Crippen LogP contribution is -2.21. The van der Waals surface area contributed by atoms with Crippen molar-refractivity contribution < 1.29 is 9.66 Å². The molecule has 0 aromatic carbocycles. The molecular formula is C8H8N2O4. The zero-order valence-corrected chi connectivity index (χ0v) is 7.25. The van der Waals surface area contributed by atoms with E-state index in [1.165, 1.54) is 22.9 Å². The van der Waals surface area contributed by atoms with Gasteiger partial charge in [-0.2, -0.15) is 0 Å². The fourth-order valence-electron chi connectivity index (χ4n) is 1.16. The lowest BCUT2D eigenvalue weighted by molar-refractivity contribution is -0.385. The molecule has 14 heavy (non-hydrogen) atoms. The molecule has 1 saturated heterocycles. The summed E-state index contributed by atoms with van der Waals surface area (Å²) >= 11 is 0. The molecule has 1 aliphatic heterocycles. The third kappa shape index (κ3) is 1.80. The molecule has 1 atom stereocenters. The summed E-state index contributed by atoms with van der Waals surface area (Å²) in [5.74, 6) is 0. The molecule has 0 amide bonds. The van der Waals surface area contributed by atoms with Gasteiger partial charge < -0.3 is 9.30 Å². The van der Waals surface area contributed by atoms with Gasteiger partial charge in [-0.15, -0.1) is 0 Å². The summed E-state index contributed by atoms with van der Waals surface area (Å²) in [5, 5.41) is 10.4. The number of nitrogens with zero attached hydrogens (tertiary/aromatic N) is 2. The zero-order valence-electron chi connectivity index (χ0n) is 7.25. The molecule has 6 heteroatoms. The van der Waals surface area contributed by atoms with E-state index < -0.39 is 4.92 Å². The van der Waals surface area contributed by atoms with Crippen molar-refractivity contribution in [2.45, 2.75) is 12.6 Å². The van der Waals surface area contributed by atoms with Gasteiger partial charge >= 0.3 is 0 Å². The minimum absolute atomic E-state index is 0.0368. The summed E-state index contributed by atoms with van der Waals surface area (Å²) < 4.78 is 6.24. The van der Waals surface area contributed by atoms with Crippen molar-refractivity contribution in [2.24, 2.45) is 0 Å². The van der Waals surface area contributed by atoms with E-state index in [1.807, 2.05) is 0 Å². The Labute approximate surface area is 78.9 Å². The quantitative estimate of drug-likeness (QED) is 0.391. The molecule has 74 valence electrons. The van der Waals surface area contributed by atoms with Crippen molar-refractivity contribution in [3.63, 3.8) is 0 Å². The molecule has 0 bridgehead atoms. The maximum Gasteiger partial charge on any atom is 0.285 e. The first-order valence-electron chi connectivity index (χ1n) is 4.13. The van der Waals surface area contributed by atoms with Crippen LogP contribution in [0.3, 0.4) is 0 Å². The van der Waals surface area contributed by atoms with Crippen molar-refractivity contribution in [1.82, 2.24) is 4.57 Å². The van der Waals surface area contributed by atoms with Gasteiger partial charge in [0.15, 0.2) is 0 Å². The number of rotatable bonds is 3. The Morgan fingerprint density at radius 2 is 2.36 bits per heavy atom. The van der Waals surface area contributed by atoms with Gasteiger partial charge in [-0.05, 0) is 0 Å². The second-order valence-electron chi connectivity index (χ2n) is 3.09. The monoisotopic (exact) mass is 196 g/mol. The van der Waals surface area contributed by atoms with Gasteiger partial charge in [-0.1, -0.05) is 0 Å². The molecule has 0 spiro atoms. The molecule has 0 aliphatic carbocycles. The highest BCUT2D eigenvalue weighted by molar-refractivity contribution is 5.24. The minimum atomic E-state index is -0.524. The lowest BCUT2D eigenvalue weighted by Gasteiger charge is -2.01. The Kier molecular flexibility index (Phi) is 2.05. The normalized spacial score (nSPS) is 19.3. The van der Waals surface area contributed by atoms with Crippen LogP contribution in [-0.2, 0) is 11.3 Å². The van der Waals surface area contributed by atoms with Gasteiger partial charge in [0.2, 0.25) is 0 Å². The molecule has 6 nitrogen and oxygen atoms in total. The predicted molar refractivity (Wildman–Crippen MR) is 47.1 cm³/mol. The summed E-state index contributed by atoms with van der Waals surface area (Å²) in [6.45, 7) is 1.01. The summed E-state index contributed by atoms with van der Waals surface area (Å²) in [5.41, 5.74) is -0.323. The van der Waals surface area contributed by atoms with E-state index in [4.69, 9.17) is 4.74 Å². The van der Waals surface area contributed by atoms with Gasteiger partial charge in [0, 0.05) is 12.1 Å². The molecule has 1 unspecified atom stereocenters. The fraction of sp³-hybridized carbons (Fsp3) is 0.375. The Bertz CT molecular complexity index is 422. The van der Waals surface area contributed by atoms with Crippen LogP contribution in [0.15, 0.2) is 23.1 Å². The minimum Gasteiger partial charge on any atom is -0.371 e. The Morgan fingerprint density at radius 1 is 1.64 bits per heavy atom. The lowest BCUT2D eigenvalue weighted by atomic mass is 10.4. The first kappa shape index (κ1) is 8.89. The van der Waals surface area contributed by atoms with E-state index in [2.05, 4.69) is 0 Å². The van der Waals surface area contributed by atoms with Crippen molar-refractivity contribution in [2.75, 3.05) is 6.61 Å². The van der Waals surface area contributed by atoms with E-state index in [1.54, 1.807) is 0 Å². The van der Waals surface area contributed by atoms with Crippen LogP contribution in [-0.4, -0.2) is 22.2 Å². The van der Waals surface area contributed by atoms with Crippen LogP contribution in [0, 0.1) is 10.1 Å². The number of pyridine rings is 1. The number of ether oxygens (including phenoxy) is 1. The van der Waals surface area contributed by atoms with E-state index in [0.717, 1.165) is 0 Å². The highest BCUT2D eigenvalue weighted by Crippen LogP contribution is 2.12. The second kappa shape index (κ2) is 3.22. The van der Waals surface area contributed by atoms with E-state index in [0.29, 0.717) is 13.2 Å². The van der Waals surface area contributed by atoms with Crippen molar-refractivity contribution in [1.29, 1.82) is 0 Å². The number of hydrogen-bond donors (Lipinski definition) is 0. The zero-order chi connectivity index (χ0) is 10.1. The molecule has 2 heterocycles. The van der Waals surface area contributed by atoms with Gasteiger partial charge in [0.05, 0.1) is 30.4 Å². The smallest absolute Gasteiger partial charge is 0.285 e. The van der Waals surface area contributed by atoms with Crippen LogP contribution in [0.2, 0.25) is 0 Å². The fourth-order valence-corrected chi connectivity index (χ4v) is 1.16. The third-order valence-corrected chi connectivity index (χ3v) is 1.98. The molecule has 1 aliphatic rings. The summed E-state index contributed by atoms with van der Waals surface area (Å²) in [4.78, 5) is 21.1. The molecular weight excluding hydrogens is 188 g/mol. The maximum absolute atomic E-state index is 11.2. The van der Waals surface area contributed by atoms with Crippen LogP contribution in [0.4, 0.5) is 5.69 Å². The summed E-state index contributed by atoms with van der Waals surface area (Å²) in [7, 11) is 0. The molecule has 0 saturated carbocycles. The summed E-state index contributed by atoms with van der Waals surface area (Å²) in [6, 6.07) is 2.40. The first-order chi connectivity index (χ1) is 6.66.